The summed E-state index contributed by atoms with van der Waals surface area (Å²) in [6.45, 7) is 2.51. The number of ether oxygens (including phenoxy) is 1. The van der Waals surface area contributed by atoms with Crippen LogP contribution in [-0.2, 0) is 6.61 Å². The van der Waals surface area contributed by atoms with Gasteiger partial charge >= 0.3 is 0 Å². The molecule has 4 aromatic carbocycles. The fraction of sp³-hybridized carbons (Fsp3) is 0.0769. The summed E-state index contributed by atoms with van der Waals surface area (Å²) in [6.07, 6.45) is 1.45. The molecule has 0 bridgehead atoms. The molecule has 0 heterocycles. The quantitative estimate of drug-likeness (QED) is 0.339. The van der Waals surface area contributed by atoms with Gasteiger partial charge in [-0.25, -0.2) is 5.43 Å². The number of fused-ring (bicyclic) bond motifs is 1. The van der Waals surface area contributed by atoms with Crippen molar-refractivity contribution in [3.05, 3.63) is 107 Å². The van der Waals surface area contributed by atoms with Crippen LogP contribution in [0.1, 0.15) is 27.0 Å². The van der Waals surface area contributed by atoms with Crippen molar-refractivity contribution in [3.63, 3.8) is 0 Å². The van der Waals surface area contributed by atoms with Crippen LogP contribution in [0, 0.1) is 6.92 Å². The molecule has 0 aliphatic carbocycles. The van der Waals surface area contributed by atoms with Crippen LogP contribution in [0.2, 0.25) is 0 Å². The summed E-state index contributed by atoms with van der Waals surface area (Å²) in [5.74, 6) is 0.439. The Kier molecular flexibility index (Phi) is 5.94. The van der Waals surface area contributed by atoms with E-state index in [0.29, 0.717) is 23.5 Å². The molecule has 0 aliphatic rings. The summed E-state index contributed by atoms with van der Waals surface area (Å²) in [7, 11) is 0. The van der Waals surface area contributed by atoms with Crippen LogP contribution >= 0.6 is 0 Å². The molecule has 0 atom stereocenters. The summed E-state index contributed by atoms with van der Waals surface area (Å²) >= 11 is 0. The minimum absolute atomic E-state index is 0.103. The molecule has 0 unspecified atom stereocenters. The van der Waals surface area contributed by atoms with E-state index in [9.17, 15) is 9.90 Å². The molecule has 0 saturated carbocycles. The van der Waals surface area contributed by atoms with Gasteiger partial charge in [-0.05, 0) is 53.6 Å². The predicted octanol–water partition coefficient (Wildman–Crippen LogP) is 5.20. The Morgan fingerprint density at radius 3 is 2.48 bits per heavy atom. The number of nitrogens with zero attached hydrogens (tertiary/aromatic N) is 1. The van der Waals surface area contributed by atoms with E-state index in [-0.39, 0.29) is 11.7 Å². The number of nitrogens with one attached hydrogen (secondary N) is 1. The lowest BCUT2D eigenvalue weighted by molar-refractivity contribution is 0.0955. The molecule has 1 amide bonds. The number of hydrogen-bond acceptors (Lipinski definition) is 4. The molecule has 4 rings (SSSR count). The van der Waals surface area contributed by atoms with Gasteiger partial charge < -0.3 is 9.84 Å². The monoisotopic (exact) mass is 410 g/mol. The normalized spacial score (nSPS) is 11.0. The number of hydrazone groups is 1. The second-order valence-electron chi connectivity index (χ2n) is 7.22. The minimum atomic E-state index is -0.346. The van der Waals surface area contributed by atoms with E-state index in [1.807, 2.05) is 61.5 Å². The average molecular weight is 410 g/mol. The zero-order valence-corrected chi connectivity index (χ0v) is 17.1. The first kappa shape index (κ1) is 20.2. The maximum atomic E-state index is 12.4. The molecule has 31 heavy (non-hydrogen) atoms. The molecule has 4 aromatic rings. The van der Waals surface area contributed by atoms with Crippen LogP contribution in [0.4, 0.5) is 0 Å². The number of hydrogen-bond donors (Lipinski definition) is 2. The van der Waals surface area contributed by atoms with Crippen LogP contribution in [0.3, 0.4) is 0 Å². The first-order valence-electron chi connectivity index (χ1n) is 9.93. The van der Waals surface area contributed by atoms with Gasteiger partial charge in [0.05, 0.1) is 6.21 Å². The minimum Gasteiger partial charge on any atom is -0.507 e. The van der Waals surface area contributed by atoms with E-state index in [4.69, 9.17) is 4.74 Å². The van der Waals surface area contributed by atoms with Gasteiger partial charge in [-0.3, -0.25) is 4.79 Å². The molecule has 0 saturated heterocycles. The Hall–Kier alpha value is -4.12. The highest BCUT2D eigenvalue weighted by Gasteiger charge is 2.07. The van der Waals surface area contributed by atoms with Crippen LogP contribution < -0.4 is 10.2 Å². The molecular formula is C26H22N2O3. The Morgan fingerprint density at radius 1 is 0.968 bits per heavy atom. The second-order valence-corrected chi connectivity index (χ2v) is 7.22. The third-order valence-electron chi connectivity index (χ3n) is 4.95. The lowest BCUT2D eigenvalue weighted by Crippen LogP contribution is -2.17. The van der Waals surface area contributed by atoms with Crippen molar-refractivity contribution in [1.29, 1.82) is 0 Å². The SMILES string of the molecule is Cc1ccc(COc2ccc(C(=O)NN=Cc3c(O)ccc4ccccc34)cc2)cc1. The lowest BCUT2D eigenvalue weighted by Gasteiger charge is -2.07. The highest BCUT2D eigenvalue weighted by molar-refractivity contribution is 6.03. The van der Waals surface area contributed by atoms with Crippen molar-refractivity contribution in [2.45, 2.75) is 13.5 Å². The summed E-state index contributed by atoms with van der Waals surface area (Å²) in [4.78, 5) is 12.4. The smallest absolute Gasteiger partial charge is 0.271 e. The van der Waals surface area contributed by atoms with E-state index in [2.05, 4.69) is 10.5 Å². The van der Waals surface area contributed by atoms with Crippen LogP contribution in [-0.4, -0.2) is 17.2 Å². The third-order valence-corrected chi connectivity index (χ3v) is 4.95. The number of aromatic hydroxyl groups is 1. The van der Waals surface area contributed by atoms with Crippen molar-refractivity contribution < 1.29 is 14.6 Å². The van der Waals surface area contributed by atoms with E-state index in [0.717, 1.165) is 16.3 Å². The first-order valence-corrected chi connectivity index (χ1v) is 9.93. The fourth-order valence-corrected chi connectivity index (χ4v) is 3.19. The molecule has 2 N–H and O–H groups in total. The number of aryl methyl sites for hydroxylation is 1. The van der Waals surface area contributed by atoms with Crippen molar-refractivity contribution in [2.75, 3.05) is 0 Å². The van der Waals surface area contributed by atoms with Crippen molar-refractivity contribution in [1.82, 2.24) is 5.43 Å². The zero-order chi connectivity index (χ0) is 21.6. The molecule has 0 radical (unpaired) electrons. The summed E-state index contributed by atoms with van der Waals surface area (Å²) in [5, 5.41) is 16.0. The van der Waals surface area contributed by atoms with Gasteiger partial charge in [0, 0.05) is 11.1 Å². The Bertz CT molecular complexity index is 1230. The zero-order valence-electron chi connectivity index (χ0n) is 17.1. The largest absolute Gasteiger partial charge is 0.507 e. The van der Waals surface area contributed by atoms with E-state index in [1.165, 1.54) is 11.8 Å². The number of phenolic OH excluding ortho intramolecular Hbond substituents is 1. The van der Waals surface area contributed by atoms with E-state index < -0.39 is 0 Å². The molecule has 0 aromatic heterocycles. The van der Waals surface area contributed by atoms with Gasteiger partial charge in [-0.1, -0.05) is 60.2 Å². The number of carbonyl (C=O) groups excluding carboxylic acids is 1. The van der Waals surface area contributed by atoms with Crippen molar-refractivity contribution in [2.24, 2.45) is 5.10 Å². The number of phenols is 1. The Balaban J connectivity index is 1.38. The Morgan fingerprint density at radius 2 is 1.71 bits per heavy atom. The number of rotatable bonds is 6. The first-order chi connectivity index (χ1) is 15.1. The maximum absolute atomic E-state index is 12.4. The van der Waals surface area contributed by atoms with Gasteiger partial charge in [0.25, 0.3) is 5.91 Å². The van der Waals surface area contributed by atoms with Gasteiger partial charge in [-0.15, -0.1) is 0 Å². The molecule has 5 heteroatoms. The highest BCUT2D eigenvalue weighted by Crippen LogP contribution is 2.25. The molecule has 154 valence electrons. The van der Waals surface area contributed by atoms with Crippen LogP contribution in [0.25, 0.3) is 10.8 Å². The summed E-state index contributed by atoms with van der Waals surface area (Å²) in [6, 6.07) is 26.1. The van der Waals surface area contributed by atoms with Crippen LogP contribution in [0.15, 0.2) is 90.0 Å². The molecule has 0 aliphatic heterocycles. The topological polar surface area (TPSA) is 70.9 Å². The molecular weight excluding hydrogens is 388 g/mol. The summed E-state index contributed by atoms with van der Waals surface area (Å²) < 4.78 is 5.77. The van der Waals surface area contributed by atoms with E-state index >= 15 is 0 Å². The van der Waals surface area contributed by atoms with Gasteiger partial charge in [-0.2, -0.15) is 5.10 Å². The number of benzene rings is 4. The number of carbonyl (C=O) groups is 1. The highest BCUT2D eigenvalue weighted by atomic mass is 16.5. The van der Waals surface area contributed by atoms with Crippen LogP contribution in [0.5, 0.6) is 11.5 Å². The molecule has 0 fully saturated rings. The lowest BCUT2D eigenvalue weighted by atomic mass is 10.0. The van der Waals surface area contributed by atoms with Gasteiger partial charge in [0.2, 0.25) is 0 Å². The van der Waals surface area contributed by atoms with Crippen molar-refractivity contribution >= 4 is 22.9 Å². The maximum Gasteiger partial charge on any atom is 0.271 e. The number of amides is 1. The standard InChI is InChI=1S/C26H22N2O3/c1-18-6-8-19(9-7-18)17-31-22-13-10-21(11-14-22)26(30)28-27-16-24-23-5-3-2-4-20(23)12-15-25(24)29/h2-16,29H,17H2,1H3,(H,28,30). The van der Waals surface area contributed by atoms with Crippen molar-refractivity contribution in [3.8, 4) is 11.5 Å². The fourth-order valence-electron chi connectivity index (χ4n) is 3.19. The second kappa shape index (κ2) is 9.13. The summed E-state index contributed by atoms with van der Waals surface area (Å²) in [5.41, 5.74) is 5.80. The van der Waals surface area contributed by atoms with Gasteiger partial charge in [0.15, 0.2) is 0 Å². The third kappa shape index (κ3) is 4.90. The molecule has 5 nitrogen and oxygen atoms in total. The van der Waals surface area contributed by atoms with E-state index in [1.54, 1.807) is 30.3 Å². The average Bonchev–Trinajstić information content (AvgIpc) is 2.80. The molecule has 0 spiro atoms. The Labute approximate surface area is 180 Å². The predicted molar refractivity (Wildman–Crippen MR) is 123 cm³/mol. The van der Waals surface area contributed by atoms with Gasteiger partial charge in [0.1, 0.15) is 18.1 Å².